The van der Waals surface area contributed by atoms with Gasteiger partial charge >= 0.3 is 0 Å². The minimum absolute atomic E-state index is 0.132. The van der Waals surface area contributed by atoms with Crippen molar-refractivity contribution in [1.82, 2.24) is 14.8 Å². The van der Waals surface area contributed by atoms with Crippen molar-refractivity contribution >= 4 is 22.4 Å². The summed E-state index contributed by atoms with van der Waals surface area (Å²) in [6.45, 7) is 4.78. The van der Waals surface area contributed by atoms with Gasteiger partial charge in [0.05, 0.1) is 12.2 Å². The fourth-order valence-corrected chi connectivity index (χ4v) is 3.22. The third-order valence-electron chi connectivity index (χ3n) is 3.57. The first kappa shape index (κ1) is 15.4. The SMILES string of the molecule is CCc1nc(NC(=O)c2ccc(Cn3cccn3)cc2)sc1C. The van der Waals surface area contributed by atoms with Gasteiger partial charge in [0.1, 0.15) is 0 Å². The first-order valence-corrected chi connectivity index (χ1v) is 8.31. The van der Waals surface area contributed by atoms with E-state index in [1.807, 2.05) is 48.1 Å². The van der Waals surface area contributed by atoms with Crippen LogP contribution in [0.4, 0.5) is 5.13 Å². The van der Waals surface area contributed by atoms with Crippen LogP contribution in [0.5, 0.6) is 0 Å². The average molecular weight is 326 g/mol. The Bertz CT molecular complexity index is 791. The van der Waals surface area contributed by atoms with Gasteiger partial charge in [-0.25, -0.2) is 4.98 Å². The molecule has 0 aliphatic carbocycles. The lowest BCUT2D eigenvalue weighted by Crippen LogP contribution is -2.12. The number of nitrogens with one attached hydrogen (secondary N) is 1. The van der Waals surface area contributed by atoms with E-state index in [0.29, 0.717) is 17.2 Å². The van der Waals surface area contributed by atoms with E-state index in [9.17, 15) is 4.79 Å². The topological polar surface area (TPSA) is 59.8 Å². The zero-order chi connectivity index (χ0) is 16.2. The molecule has 118 valence electrons. The number of thiazole rings is 1. The summed E-state index contributed by atoms with van der Waals surface area (Å²) in [6, 6.07) is 9.44. The number of nitrogens with zero attached hydrogens (tertiary/aromatic N) is 3. The van der Waals surface area contributed by atoms with Crippen LogP contribution < -0.4 is 5.32 Å². The lowest BCUT2D eigenvalue weighted by Gasteiger charge is -2.05. The first-order valence-electron chi connectivity index (χ1n) is 7.49. The maximum Gasteiger partial charge on any atom is 0.257 e. The third kappa shape index (κ3) is 3.65. The maximum atomic E-state index is 12.3. The molecule has 1 amide bonds. The van der Waals surface area contributed by atoms with Crippen LogP contribution >= 0.6 is 11.3 Å². The van der Waals surface area contributed by atoms with E-state index in [2.05, 4.69) is 22.3 Å². The molecule has 3 aromatic rings. The van der Waals surface area contributed by atoms with Crippen LogP contribution in [0.3, 0.4) is 0 Å². The van der Waals surface area contributed by atoms with Crippen molar-refractivity contribution < 1.29 is 4.79 Å². The van der Waals surface area contributed by atoms with Crippen LogP contribution in [0.2, 0.25) is 0 Å². The van der Waals surface area contributed by atoms with Gasteiger partial charge in [-0.2, -0.15) is 5.10 Å². The molecule has 0 radical (unpaired) electrons. The Morgan fingerprint density at radius 1 is 1.30 bits per heavy atom. The molecular weight excluding hydrogens is 308 g/mol. The van der Waals surface area contributed by atoms with Crippen LogP contribution in [0.25, 0.3) is 0 Å². The summed E-state index contributed by atoms with van der Waals surface area (Å²) < 4.78 is 1.85. The zero-order valence-corrected chi connectivity index (χ0v) is 13.9. The number of amides is 1. The molecule has 0 fully saturated rings. The molecule has 0 atom stereocenters. The van der Waals surface area contributed by atoms with Gasteiger partial charge in [-0.05, 0) is 37.1 Å². The van der Waals surface area contributed by atoms with Crippen LogP contribution in [-0.2, 0) is 13.0 Å². The molecule has 6 heteroatoms. The van der Waals surface area contributed by atoms with E-state index in [4.69, 9.17) is 0 Å². The predicted molar refractivity (Wildman–Crippen MR) is 92.0 cm³/mol. The van der Waals surface area contributed by atoms with Crippen LogP contribution in [0, 0.1) is 6.92 Å². The van der Waals surface area contributed by atoms with E-state index in [1.54, 1.807) is 6.20 Å². The molecule has 0 spiro atoms. The summed E-state index contributed by atoms with van der Waals surface area (Å²) in [7, 11) is 0. The lowest BCUT2D eigenvalue weighted by atomic mass is 10.1. The molecular formula is C17H18N4OS. The van der Waals surface area contributed by atoms with Crippen molar-refractivity contribution in [2.24, 2.45) is 0 Å². The monoisotopic (exact) mass is 326 g/mol. The van der Waals surface area contributed by atoms with Crippen LogP contribution in [-0.4, -0.2) is 20.7 Å². The normalized spacial score (nSPS) is 10.7. The second kappa shape index (κ2) is 6.75. The van der Waals surface area contributed by atoms with Gasteiger partial charge in [-0.15, -0.1) is 11.3 Å². The summed E-state index contributed by atoms with van der Waals surface area (Å²) in [4.78, 5) is 17.9. The zero-order valence-electron chi connectivity index (χ0n) is 13.1. The number of benzene rings is 1. The van der Waals surface area contributed by atoms with Crippen molar-refractivity contribution in [3.05, 3.63) is 64.4 Å². The molecule has 0 saturated heterocycles. The molecule has 1 N–H and O–H groups in total. The number of hydrogen-bond donors (Lipinski definition) is 1. The number of hydrogen-bond acceptors (Lipinski definition) is 4. The lowest BCUT2D eigenvalue weighted by molar-refractivity contribution is 0.102. The Balaban J connectivity index is 1.67. The molecule has 2 heterocycles. The Morgan fingerprint density at radius 3 is 2.70 bits per heavy atom. The quantitative estimate of drug-likeness (QED) is 0.780. The molecule has 0 unspecified atom stereocenters. The molecule has 0 aliphatic rings. The maximum absolute atomic E-state index is 12.3. The fraction of sp³-hybridized carbons (Fsp3) is 0.235. The number of aromatic nitrogens is 3. The summed E-state index contributed by atoms with van der Waals surface area (Å²) >= 11 is 1.51. The highest BCUT2D eigenvalue weighted by Crippen LogP contribution is 2.22. The van der Waals surface area contributed by atoms with Gasteiger partial charge in [0, 0.05) is 22.8 Å². The second-order valence-electron chi connectivity index (χ2n) is 5.23. The Labute approximate surface area is 139 Å². The standard InChI is InChI=1S/C17H18N4OS/c1-3-15-12(2)23-17(19-15)20-16(22)14-7-5-13(6-8-14)11-21-10-4-9-18-21/h4-10H,3,11H2,1-2H3,(H,19,20,22). The molecule has 0 aliphatic heterocycles. The van der Waals surface area contributed by atoms with E-state index in [-0.39, 0.29) is 5.91 Å². The van der Waals surface area contributed by atoms with Crippen LogP contribution in [0.1, 0.15) is 33.4 Å². The smallest absolute Gasteiger partial charge is 0.257 e. The summed E-state index contributed by atoms with van der Waals surface area (Å²) in [5.41, 5.74) is 2.77. The molecule has 0 saturated carbocycles. The van der Waals surface area contributed by atoms with Crippen molar-refractivity contribution in [2.75, 3.05) is 5.32 Å². The van der Waals surface area contributed by atoms with E-state index in [1.165, 1.54) is 11.3 Å². The molecule has 2 aromatic heterocycles. The first-order chi connectivity index (χ1) is 11.2. The van der Waals surface area contributed by atoms with Gasteiger partial charge in [0.2, 0.25) is 0 Å². The predicted octanol–water partition coefficient (Wildman–Crippen LogP) is 3.51. The third-order valence-corrected chi connectivity index (χ3v) is 4.50. The number of anilines is 1. The number of carbonyl (C=O) groups is 1. The molecule has 23 heavy (non-hydrogen) atoms. The number of carbonyl (C=O) groups excluding carboxylic acids is 1. The van der Waals surface area contributed by atoms with Gasteiger partial charge in [0.15, 0.2) is 5.13 Å². The highest BCUT2D eigenvalue weighted by Gasteiger charge is 2.11. The molecule has 0 bridgehead atoms. The molecule has 3 rings (SSSR count). The van der Waals surface area contributed by atoms with Gasteiger partial charge < -0.3 is 0 Å². The Hall–Kier alpha value is -2.47. The highest BCUT2D eigenvalue weighted by atomic mass is 32.1. The van der Waals surface area contributed by atoms with Crippen molar-refractivity contribution in [1.29, 1.82) is 0 Å². The minimum atomic E-state index is -0.132. The number of rotatable bonds is 5. The van der Waals surface area contributed by atoms with Gasteiger partial charge in [0.25, 0.3) is 5.91 Å². The van der Waals surface area contributed by atoms with Crippen molar-refractivity contribution in [3.63, 3.8) is 0 Å². The summed E-state index contributed by atoms with van der Waals surface area (Å²) in [6.07, 6.45) is 4.54. The summed E-state index contributed by atoms with van der Waals surface area (Å²) in [5.74, 6) is -0.132. The van der Waals surface area contributed by atoms with Gasteiger partial charge in [-0.3, -0.25) is 14.8 Å². The largest absolute Gasteiger partial charge is 0.298 e. The Kier molecular flexibility index (Phi) is 4.52. The van der Waals surface area contributed by atoms with E-state index >= 15 is 0 Å². The van der Waals surface area contributed by atoms with E-state index < -0.39 is 0 Å². The second-order valence-corrected chi connectivity index (χ2v) is 6.43. The van der Waals surface area contributed by atoms with Crippen molar-refractivity contribution in [3.8, 4) is 0 Å². The van der Waals surface area contributed by atoms with Crippen molar-refractivity contribution in [2.45, 2.75) is 26.8 Å². The van der Waals surface area contributed by atoms with Crippen LogP contribution in [0.15, 0.2) is 42.7 Å². The van der Waals surface area contributed by atoms with E-state index in [0.717, 1.165) is 22.6 Å². The summed E-state index contributed by atoms with van der Waals surface area (Å²) in [5, 5.41) is 7.70. The minimum Gasteiger partial charge on any atom is -0.298 e. The number of aryl methyl sites for hydroxylation is 2. The molecule has 1 aromatic carbocycles. The molecule has 5 nitrogen and oxygen atoms in total. The highest BCUT2D eigenvalue weighted by molar-refractivity contribution is 7.15. The average Bonchev–Trinajstić information content (AvgIpc) is 3.17. The Morgan fingerprint density at radius 2 is 2.09 bits per heavy atom. The van der Waals surface area contributed by atoms with Gasteiger partial charge in [-0.1, -0.05) is 19.1 Å². The fourth-order valence-electron chi connectivity index (χ4n) is 2.32.